The summed E-state index contributed by atoms with van der Waals surface area (Å²) in [6.07, 6.45) is 0.211. The highest BCUT2D eigenvalue weighted by atomic mass is 16.6. The number of hydrogen-bond donors (Lipinski definition) is 3. The molecule has 0 aliphatic carbocycles. The summed E-state index contributed by atoms with van der Waals surface area (Å²) in [5.41, 5.74) is -0.348. The van der Waals surface area contributed by atoms with Crippen molar-refractivity contribution in [2.45, 2.75) is 124 Å². The van der Waals surface area contributed by atoms with Gasteiger partial charge in [-0.1, -0.05) is 63.2 Å². The van der Waals surface area contributed by atoms with Gasteiger partial charge < -0.3 is 30.1 Å². The summed E-state index contributed by atoms with van der Waals surface area (Å²) < 4.78 is 11.2. The monoisotopic (exact) mass is 639 g/mol. The van der Waals surface area contributed by atoms with E-state index in [1.807, 2.05) is 58.0 Å². The third-order valence-electron chi connectivity index (χ3n) is 7.04. The van der Waals surface area contributed by atoms with Gasteiger partial charge in [-0.25, -0.2) is 9.59 Å². The summed E-state index contributed by atoms with van der Waals surface area (Å²) in [7, 11) is 0. The zero-order valence-electron chi connectivity index (χ0n) is 29.0. The van der Waals surface area contributed by atoms with E-state index in [1.54, 1.807) is 53.7 Å². The summed E-state index contributed by atoms with van der Waals surface area (Å²) >= 11 is 0. The number of esters is 1. The molecule has 0 bridgehead atoms. The van der Waals surface area contributed by atoms with Gasteiger partial charge in [0.2, 0.25) is 11.8 Å². The second-order valence-electron chi connectivity index (χ2n) is 14.1. The van der Waals surface area contributed by atoms with Crippen LogP contribution in [0.5, 0.6) is 5.75 Å². The van der Waals surface area contributed by atoms with Crippen LogP contribution < -0.4 is 10.6 Å². The van der Waals surface area contributed by atoms with Gasteiger partial charge in [-0.05, 0) is 90.5 Å². The summed E-state index contributed by atoms with van der Waals surface area (Å²) in [5.74, 6) is -1.68. The first kappa shape index (κ1) is 38.1. The zero-order chi connectivity index (χ0) is 34.8. The van der Waals surface area contributed by atoms with Gasteiger partial charge in [0.05, 0.1) is 0 Å². The fraction of sp³-hybridized carbons (Fsp3) is 0.556. The first-order chi connectivity index (χ1) is 21.3. The fourth-order valence-corrected chi connectivity index (χ4v) is 4.88. The predicted octanol–water partition coefficient (Wildman–Crippen LogP) is 6.07. The highest BCUT2D eigenvalue weighted by Crippen LogP contribution is 2.29. The van der Waals surface area contributed by atoms with E-state index in [4.69, 9.17) is 9.47 Å². The molecule has 0 fully saturated rings. The topological polar surface area (TPSA) is 134 Å². The molecule has 46 heavy (non-hydrogen) atoms. The van der Waals surface area contributed by atoms with Gasteiger partial charge in [0, 0.05) is 12.5 Å². The lowest BCUT2D eigenvalue weighted by Gasteiger charge is -2.39. The molecule has 3 N–H and O–H groups in total. The van der Waals surface area contributed by atoms with Crippen LogP contribution in [-0.4, -0.2) is 63.2 Å². The molecule has 4 atom stereocenters. The molecule has 0 aliphatic heterocycles. The Balaban J connectivity index is 2.63. The second kappa shape index (κ2) is 16.5. The number of ether oxygens (including phenoxy) is 2. The number of nitrogens with one attached hydrogen (secondary N) is 2. The molecule has 2 rings (SSSR count). The molecule has 10 heteroatoms. The average molecular weight is 640 g/mol. The van der Waals surface area contributed by atoms with Crippen LogP contribution in [0.4, 0.5) is 4.79 Å². The Labute approximate surface area is 274 Å². The van der Waals surface area contributed by atoms with Crippen molar-refractivity contribution in [3.8, 4) is 5.75 Å². The van der Waals surface area contributed by atoms with Gasteiger partial charge >= 0.3 is 12.1 Å². The molecule has 0 aliphatic rings. The lowest BCUT2D eigenvalue weighted by atomic mass is 9.96. The Hall–Kier alpha value is -4.08. The molecule has 254 valence electrons. The Morgan fingerprint density at radius 2 is 1.37 bits per heavy atom. The molecule has 2 aromatic rings. The molecule has 0 saturated carbocycles. The van der Waals surface area contributed by atoms with Gasteiger partial charge in [-0.3, -0.25) is 9.59 Å². The van der Waals surface area contributed by atoms with Crippen LogP contribution >= 0.6 is 0 Å². The van der Waals surface area contributed by atoms with Crippen LogP contribution in [-0.2, 0) is 30.3 Å². The highest BCUT2D eigenvalue weighted by molar-refractivity contribution is 5.94. The quantitative estimate of drug-likeness (QED) is 0.227. The third kappa shape index (κ3) is 12.4. The Morgan fingerprint density at radius 3 is 1.87 bits per heavy atom. The van der Waals surface area contributed by atoms with Gasteiger partial charge in [-0.2, -0.15) is 0 Å². The van der Waals surface area contributed by atoms with Gasteiger partial charge in [0.25, 0.3) is 0 Å². The third-order valence-corrected chi connectivity index (χ3v) is 7.04. The van der Waals surface area contributed by atoms with E-state index in [0.29, 0.717) is 18.4 Å². The van der Waals surface area contributed by atoms with Crippen molar-refractivity contribution in [1.29, 1.82) is 0 Å². The van der Waals surface area contributed by atoms with E-state index in [0.717, 1.165) is 5.56 Å². The van der Waals surface area contributed by atoms with Crippen molar-refractivity contribution in [2.24, 2.45) is 5.92 Å². The van der Waals surface area contributed by atoms with Crippen LogP contribution in [0.3, 0.4) is 0 Å². The lowest BCUT2D eigenvalue weighted by molar-refractivity contribution is -0.159. The van der Waals surface area contributed by atoms with Gasteiger partial charge in [0.1, 0.15) is 35.1 Å². The number of hydrogen-bond acceptors (Lipinski definition) is 7. The maximum Gasteiger partial charge on any atom is 0.408 e. The molecule has 0 spiro atoms. The van der Waals surface area contributed by atoms with E-state index in [2.05, 4.69) is 10.6 Å². The van der Waals surface area contributed by atoms with Crippen molar-refractivity contribution in [2.75, 3.05) is 0 Å². The number of carbonyl (C=O) groups excluding carboxylic acids is 4. The van der Waals surface area contributed by atoms with Crippen LogP contribution in [0.2, 0.25) is 0 Å². The maximum atomic E-state index is 14.5. The van der Waals surface area contributed by atoms with Crippen molar-refractivity contribution >= 4 is 23.9 Å². The molecule has 2 aromatic carbocycles. The summed E-state index contributed by atoms with van der Waals surface area (Å²) in [6.45, 7) is 18.1. The van der Waals surface area contributed by atoms with Crippen molar-refractivity contribution < 1.29 is 33.8 Å². The first-order valence-electron chi connectivity index (χ1n) is 16.0. The highest BCUT2D eigenvalue weighted by Gasteiger charge is 2.40. The lowest BCUT2D eigenvalue weighted by Crippen LogP contribution is -2.57. The minimum Gasteiger partial charge on any atom is -0.508 e. The zero-order valence-corrected chi connectivity index (χ0v) is 29.0. The summed E-state index contributed by atoms with van der Waals surface area (Å²) in [6, 6.07) is 11.6. The van der Waals surface area contributed by atoms with Crippen LogP contribution in [0.15, 0.2) is 54.6 Å². The van der Waals surface area contributed by atoms with Gasteiger partial charge in [0.15, 0.2) is 0 Å². The number of phenols is 1. The second-order valence-corrected chi connectivity index (χ2v) is 14.1. The first-order valence-corrected chi connectivity index (χ1v) is 16.0. The maximum absolute atomic E-state index is 14.5. The number of alkyl carbamates (subject to hydrolysis) is 1. The number of nitrogens with zero attached hydrogens (tertiary/aromatic N) is 1. The Kier molecular flexibility index (Phi) is 13.6. The minimum absolute atomic E-state index is 0.00990. The molecule has 3 amide bonds. The molecular weight excluding hydrogens is 586 g/mol. The van der Waals surface area contributed by atoms with Crippen molar-refractivity contribution in [3.05, 3.63) is 65.7 Å². The number of rotatable bonds is 13. The van der Waals surface area contributed by atoms with Crippen LogP contribution in [0.25, 0.3) is 0 Å². The molecule has 0 radical (unpaired) electrons. The van der Waals surface area contributed by atoms with Crippen LogP contribution in [0, 0.1) is 5.92 Å². The van der Waals surface area contributed by atoms with E-state index in [9.17, 15) is 24.3 Å². The van der Waals surface area contributed by atoms with Crippen molar-refractivity contribution in [1.82, 2.24) is 15.5 Å². The van der Waals surface area contributed by atoms with Crippen LogP contribution in [0.1, 0.15) is 99.2 Å². The number of benzene rings is 2. The number of amides is 3. The number of phenolic OH excluding ortho intramolecular Hbond substituents is 1. The Morgan fingerprint density at radius 1 is 0.804 bits per heavy atom. The average Bonchev–Trinajstić information content (AvgIpc) is 2.93. The standard InChI is InChI=1S/C36H53N3O7/c1-11-24(4)39(32(42)28(21-23(2)3)38-34(44)46-36(8,9)10)30(26-17-19-27(40)20-18-26)31(41)37-29(33(43)45-35(5,6)7)22-25-15-13-12-14-16-25/h12-20,23-24,28-30,40H,11,21-22H2,1-10H3,(H,37,41)(H,38,44). The molecule has 4 unspecified atom stereocenters. The minimum atomic E-state index is -1.21. The summed E-state index contributed by atoms with van der Waals surface area (Å²) in [4.78, 5) is 56.7. The van der Waals surface area contributed by atoms with Crippen molar-refractivity contribution in [3.63, 3.8) is 0 Å². The van der Waals surface area contributed by atoms with Gasteiger partial charge in [-0.15, -0.1) is 0 Å². The SMILES string of the molecule is CCC(C)N(C(=O)C(CC(C)C)NC(=O)OC(C)(C)C)C(C(=O)NC(Cc1ccccc1)C(=O)OC(C)(C)C)c1ccc(O)cc1. The van der Waals surface area contributed by atoms with E-state index in [-0.39, 0.29) is 18.1 Å². The van der Waals surface area contributed by atoms with E-state index >= 15 is 0 Å². The predicted molar refractivity (Wildman–Crippen MR) is 178 cm³/mol. The smallest absolute Gasteiger partial charge is 0.408 e. The molecule has 0 aromatic heterocycles. The normalized spacial score (nSPS) is 14.4. The fourth-order valence-electron chi connectivity index (χ4n) is 4.88. The summed E-state index contributed by atoms with van der Waals surface area (Å²) in [5, 5.41) is 15.7. The molecule has 0 heterocycles. The Bertz CT molecular complexity index is 1300. The van der Waals surface area contributed by atoms with E-state index < -0.39 is 59.2 Å². The number of aromatic hydroxyl groups is 1. The largest absolute Gasteiger partial charge is 0.508 e. The molecule has 0 saturated heterocycles. The molecule has 10 nitrogen and oxygen atoms in total. The number of carbonyl (C=O) groups is 4. The van der Waals surface area contributed by atoms with E-state index in [1.165, 1.54) is 17.0 Å². The molecular formula is C36H53N3O7.